The van der Waals surface area contributed by atoms with Crippen LogP contribution in [0.5, 0.6) is 0 Å². The summed E-state index contributed by atoms with van der Waals surface area (Å²) in [5.74, 6) is 0.722. The van der Waals surface area contributed by atoms with E-state index in [9.17, 15) is 5.11 Å². The van der Waals surface area contributed by atoms with Gasteiger partial charge in [-0.2, -0.15) is 0 Å². The fraction of sp³-hybridized carbons (Fsp3) is 0.700. The Morgan fingerprint density at radius 1 is 1.71 bits per heavy atom. The second kappa shape index (κ2) is 3.71. The molecule has 3 N–H and O–H groups in total. The van der Waals surface area contributed by atoms with Gasteiger partial charge in [-0.25, -0.2) is 0 Å². The molecule has 4 heteroatoms. The Hall–Kier alpha value is -0.870. The van der Waals surface area contributed by atoms with Crippen LogP contribution in [-0.4, -0.2) is 16.3 Å². The molecule has 1 aromatic rings. The molecule has 0 aromatic carbocycles. The third kappa shape index (κ3) is 1.96. The summed E-state index contributed by atoms with van der Waals surface area (Å²) in [6, 6.07) is -0.194. The van der Waals surface area contributed by atoms with Crippen molar-refractivity contribution in [2.24, 2.45) is 11.7 Å². The van der Waals surface area contributed by atoms with Gasteiger partial charge in [-0.1, -0.05) is 18.0 Å². The first-order chi connectivity index (χ1) is 6.68. The van der Waals surface area contributed by atoms with E-state index in [4.69, 9.17) is 10.3 Å². The summed E-state index contributed by atoms with van der Waals surface area (Å²) in [7, 11) is 0. The molecular weight excluding hydrogens is 180 g/mol. The molecule has 2 rings (SSSR count). The number of hydrogen-bond donors (Lipinski definition) is 2. The number of aryl methyl sites for hydroxylation is 1. The van der Waals surface area contributed by atoms with Gasteiger partial charge >= 0.3 is 0 Å². The number of rotatable bonds is 4. The summed E-state index contributed by atoms with van der Waals surface area (Å²) in [4.78, 5) is 0. The van der Waals surface area contributed by atoms with Gasteiger partial charge in [0.25, 0.3) is 0 Å². The Labute approximate surface area is 83.1 Å². The smallest absolute Gasteiger partial charge is 0.129 e. The van der Waals surface area contributed by atoms with Gasteiger partial charge in [-0.05, 0) is 19.3 Å². The highest BCUT2D eigenvalue weighted by molar-refractivity contribution is 5.17. The molecule has 1 fully saturated rings. The van der Waals surface area contributed by atoms with Crippen molar-refractivity contribution in [2.45, 2.75) is 38.3 Å². The minimum atomic E-state index is -0.637. The lowest BCUT2D eigenvalue weighted by atomic mass is 9.99. The predicted octanol–water partition coefficient (Wildman–Crippen LogP) is 1.14. The van der Waals surface area contributed by atoms with Crippen LogP contribution in [0.15, 0.2) is 10.8 Å². The van der Waals surface area contributed by atoms with Gasteiger partial charge in [0, 0.05) is 11.6 Å². The molecule has 0 spiro atoms. The molecule has 78 valence electrons. The second-order valence-corrected chi connectivity index (χ2v) is 4.14. The summed E-state index contributed by atoms with van der Waals surface area (Å²) in [5, 5.41) is 13.6. The van der Waals surface area contributed by atoms with Crippen LogP contribution in [0.3, 0.4) is 0 Å². The third-order valence-electron chi connectivity index (χ3n) is 2.81. The van der Waals surface area contributed by atoms with Crippen LogP contribution in [0.4, 0.5) is 0 Å². The number of hydrogen-bond acceptors (Lipinski definition) is 4. The van der Waals surface area contributed by atoms with Crippen LogP contribution in [0, 0.1) is 12.8 Å². The quantitative estimate of drug-likeness (QED) is 0.757. The minimum Gasteiger partial charge on any atom is -0.387 e. The lowest BCUT2D eigenvalue weighted by molar-refractivity contribution is 0.138. The Morgan fingerprint density at radius 3 is 2.93 bits per heavy atom. The summed E-state index contributed by atoms with van der Waals surface area (Å²) >= 11 is 0. The van der Waals surface area contributed by atoms with Crippen LogP contribution >= 0.6 is 0 Å². The number of nitrogens with zero attached hydrogens (tertiary/aromatic N) is 1. The highest BCUT2D eigenvalue weighted by Gasteiger charge is 2.29. The van der Waals surface area contributed by atoms with Gasteiger partial charge in [-0.3, -0.25) is 0 Å². The van der Waals surface area contributed by atoms with Gasteiger partial charge in [-0.15, -0.1) is 0 Å². The first-order valence-electron chi connectivity index (χ1n) is 5.03. The standard InChI is InChI=1S/C10H16N2O2/c1-6-8(5-14-12-6)10(13)9(11)4-7-2-3-7/h5,7,9-10,13H,2-4,11H2,1H3. The number of aromatic nitrogens is 1. The lowest BCUT2D eigenvalue weighted by Gasteiger charge is -2.17. The molecule has 0 saturated heterocycles. The molecule has 14 heavy (non-hydrogen) atoms. The van der Waals surface area contributed by atoms with E-state index in [0.29, 0.717) is 0 Å². The lowest BCUT2D eigenvalue weighted by Crippen LogP contribution is -2.29. The van der Waals surface area contributed by atoms with Gasteiger partial charge in [0.05, 0.1) is 11.8 Å². The molecule has 0 aliphatic heterocycles. The fourth-order valence-electron chi connectivity index (χ4n) is 1.68. The van der Waals surface area contributed by atoms with E-state index in [1.54, 1.807) is 0 Å². The summed E-state index contributed by atoms with van der Waals surface area (Å²) in [6.07, 6.45) is 4.24. The van der Waals surface area contributed by atoms with Crippen LogP contribution in [0.25, 0.3) is 0 Å². The van der Waals surface area contributed by atoms with Gasteiger partial charge in [0.15, 0.2) is 0 Å². The summed E-state index contributed by atoms with van der Waals surface area (Å²) < 4.78 is 4.77. The molecule has 2 atom stereocenters. The topological polar surface area (TPSA) is 72.3 Å². The van der Waals surface area contributed by atoms with Gasteiger partial charge in [0.1, 0.15) is 6.26 Å². The van der Waals surface area contributed by atoms with Crippen molar-refractivity contribution in [1.82, 2.24) is 5.16 Å². The molecule has 1 saturated carbocycles. The highest BCUT2D eigenvalue weighted by Crippen LogP contribution is 2.35. The average Bonchev–Trinajstić information content (AvgIpc) is 2.86. The van der Waals surface area contributed by atoms with E-state index >= 15 is 0 Å². The first kappa shape index (κ1) is 9.68. The van der Waals surface area contributed by atoms with Crippen molar-refractivity contribution < 1.29 is 9.63 Å². The number of aliphatic hydroxyl groups is 1. The van der Waals surface area contributed by atoms with Crippen LogP contribution < -0.4 is 5.73 Å². The second-order valence-electron chi connectivity index (χ2n) is 4.14. The highest BCUT2D eigenvalue weighted by atomic mass is 16.5. The van der Waals surface area contributed by atoms with Crippen molar-refractivity contribution >= 4 is 0 Å². The Balaban J connectivity index is 1.99. The maximum Gasteiger partial charge on any atom is 0.129 e. The molecule has 0 amide bonds. The zero-order chi connectivity index (χ0) is 10.1. The van der Waals surface area contributed by atoms with E-state index in [1.165, 1.54) is 19.1 Å². The van der Waals surface area contributed by atoms with Crippen LogP contribution in [0.1, 0.15) is 36.6 Å². The van der Waals surface area contributed by atoms with Crippen molar-refractivity contribution in [1.29, 1.82) is 0 Å². The Morgan fingerprint density at radius 2 is 2.43 bits per heavy atom. The largest absolute Gasteiger partial charge is 0.387 e. The van der Waals surface area contributed by atoms with E-state index in [2.05, 4.69) is 5.16 Å². The monoisotopic (exact) mass is 196 g/mol. The molecule has 1 aromatic heterocycles. The van der Waals surface area contributed by atoms with E-state index < -0.39 is 6.10 Å². The summed E-state index contributed by atoms with van der Waals surface area (Å²) in [6.45, 7) is 1.81. The van der Waals surface area contributed by atoms with Crippen molar-refractivity contribution in [2.75, 3.05) is 0 Å². The first-order valence-corrected chi connectivity index (χ1v) is 5.03. The maximum atomic E-state index is 9.91. The van der Waals surface area contributed by atoms with Crippen LogP contribution in [-0.2, 0) is 0 Å². The van der Waals surface area contributed by atoms with Crippen molar-refractivity contribution in [3.63, 3.8) is 0 Å². The maximum absolute atomic E-state index is 9.91. The zero-order valence-corrected chi connectivity index (χ0v) is 8.31. The fourth-order valence-corrected chi connectivity index (χ4v) is 1.68. The van der Waals surface area contributed by atoms with Gasteiger partial charge < -0.3 is 15.4 Å². The molecule has 0 bridgehead atoms. The van der Waals surface area contributed by atoms with Gasteiger partial charge in [0.2, 0.25) is 0 Å². The SMILES string of the molecule is Cc1nocc1C(O)C(N)CC1CC1. The minimum absolute atomic E-state index is 0.194. The van der Waals surface area contributed by atoms with Crippen LogP contribution in [0.2, 0.25) is 0 Å². The van der Waals surface area contributed by atoms with E-state index in [0.717, 1.165) is 23.6 Å². The molecule has 2 unspecified atom stereocenters. The number of aliphatic hydroxyl groups excluding tert-OH is 1. The third-order valence-corrected chi connectivity index (χ3v) is 2.81. The molecular formula is C10H16N2O2. The van der Waals surface area contributed by atoms with Crippen molar-refractivity contribution in [3.05, 3.63) is 17.5 Å². The Bertz CT molecular complexity index is 307. The molecule has 0 radical (unpaired) electrons. The average molecular weight is 196 g/mol. The summed E-state index contributed by atoms with van der Waals surface area (Å²) in [5.41, 5.74) is 7.34. The Kier molecular flexibility index (Phi) is 2.56. The molecule has 1 heterocycles. The molecule has 4 nitrogen and oxygen atoms in total. The van der Waals surface area contributed by atoms with E-state index in [1.807, 2.05) is 6.92 Å². The van der Waals surface area contributed by atoms with Crippen molar-refractivity contribution in [3.8, 4) is 0 Å². The molecule has 1 aliphatic rings. The molecule has 1 aliphatic carbocycles. The normalized spacial score (nSPS) is 20.8. The predicted molar refractivity (Wildman–Crippen MR) is 51.5 cm³/mol. The van der Waals surface area contributed by atoms with E-state index in [-0.39, 0.29) is 6.04 Å². The zero-order valence-electron chi connectivity index (χ0n) is 8.31. The number of nitrogens with two attached hydrogens (primary N) is 1.